The Morgan fingerprint density at radius 3 is 2.56 bits per heavy atom. The van der Waals surface area contributed by atoms with Gasteiger partial charge in [0.2, 0.25) is 0 Å². The minimum Gasteiger partial charge on any atom is -0.496 e. The van der Waals surface area contributed by atoms with E-state index in [1.807, 2.05) is 13.0 Å². The number of methoxy groups -OCH3 is 1. The summed E-state index contributed by atoms with van der Waals surface area (Å²) in [6, 6.07) is 11.6. The van der Waals surface area contributed by atoms with Gasteiger partial charge >= 0.3 is 0 Å². The third-order valence-electron chi connectivity index (χ3n) is 2.95. The molecule has 0 radical (unpaired) electrons. The van der Waals surface area contributed by atoms with Gasteiger partial charge in [-0.3, -0.25) is 0 Å². The van der Waals surface area contributed by atoms with E-state index in [2.05, 4.69) is 0 Å². The van der Waals surface area contributed by atoms with Crippen molar-refractivity contribution in [2.75, 3.05) is 7.11 Å². The number of hydrogen-bond donors (Lipinski definition) is 1. The number of hydrogen-bond acceptors (Lipinski definition) is 2. The molecule has 0 aliphatic carbocycles. The maximum Gasteiger partial charge on any atom is 0.129 e. The first-order chi connectivity index (χ1) is 8.63. The molecule has 0 heterocycles. The Kier molecular flexibility index (Phi) is 3.63. The van der Waals surface area contributed by atoms with Crippen LogP contribution in [0.5, 0.6) is 5.75 Å². The van der Waals surface area contributed by atoms with E-state index in [1.54, 1.807) is 37.4 Å². The lowest BCUT2D eigenvalue weighted by molar-refractivity contribution is 0.214. The SMILES string of the molecule is COc1cc(C(O)c2ccccc2F)ccc1C. The number of benzene rings is 2. The first-order valence-electron chi connectivity index (χ1n) is 5.70. The molecule has 0 fully saturated rings. The van der Waals surface area contributed by atoms with Crippen LogP contribution in [-0.4, -0.2) is 12.2 Å². The Balaban J connectivity index is 2.40. The predicted octanol–water partition coefficient (Wildman–Crippen LogP) is 3.22. The van der Waals surface area contributed by atoms with Crippen LogP contribution >= 0.6 is 0 Å². The maximum atomic E-state index is 13.6. The van der Waals surface area contributed by atoms with E-state index in [4.69, 9.17) is 4.74 Å². The highest BCUT2D eigenvalue weighted by molar-refractivity contribution is 5.40. The highest BCUT2D eigenvalue weighted by Crippen LogP contribution is 2.28. The maximum absolute atomic E-state index is 13.6. The Labute approximate surface area is 106 Å². The number of rotatable bonds is 3. The molecule has 2 nitrogen and oxygen atoms in total. The topological polar surface area (TPSA) is 29.5 Å². The summed E-state index contributed by atoms with van der Waals surface area (Å²) in [6.07, 6.45) is -0.985. The van der Waals surface area contributed by atoms with Gasteiger partial charge in [0, 0.05) is 5.56 Å². The fourth-order valence-corrected chi connectivity index (χ4v) is 1.88. The van der Waals surface area contributed by atoms with Gasteiger partial charge in [-0.1, -0.05) is 30.3 Å². The van der Waals surface area contributed by atoms with Crippen LogP contribution in [0.2, 0.25) is 0 Å². The van der Waals surface area contributed by atoms with Crippen molar-refractivity contribution in [3.8, 4) is 5.75 Å². The highest BCUT2D eigenvalue weighted by Gasteiger charge is 2.15. The van der Waals surface area contributed by atoms with Crippen LogP contribution in [0.3, 0.4) is 0 Å². The molecule has 0 aliphatic heterocycles. The molecule has 0 bridgehead atoms. The summed E-state index contributed by atoms with van der Waals surface area (Å²) >= 11 is 0. The van der Waals surface area contributed by atoms with E-state index >= 15 is 0 Å². The number of aliphatic hydroxyl groups excluding tert-OH is 1. The summed E-state index contributed by atoms with van der Waals surface area (Å²) in [5.74, 6) is 0.271. The smallest absolute Gasteiger partial charge is 0.129 e. The standard InChI is InChI=1S/C15H15FO2/c1-10-7-8-11(9-14(10)18-2)15(17)12-5-3-4-6-13(12)16/h3-9,15,17H,1-2H3. The molecule has 1 N–H and O–H groups in total. The number of aliphatic hydroxyl groups is 1. The van der Waals surface area contributed by atoms with Gasteiger partial charge in [-0.15, -0.1) is 0 Å². The summed E-state index contributed by atoms with van der Waals surface area (Å²) in [4.78, 5) is 0. The van der Waals surface area contributed by atoms with E-state index in [0.717, 1.165) is 5.56 Å². The lowest BCUT2D eigenvalue weighted by Crippen LogP contribution is -2.03. The second kappa shape index (κ2) is 5.19. The Morgan fingerprint density at radius 1 is 1.17 bits per heavy atom. The van der Waals surface area contributed by atoms with E-state index < -0.39 is 11.9 Å². The molecule has 0 saturated carbocycles. The molecule has 1 unspecified atom stereocenters. The van der Waals surface area contributed by atoms with Crippen LogP contribution in [0.4, 0.5) is 4.39 Å². The summed E-state index contributed by atoms with van der Waals surface area (Å²) in [7, 11) is 1.57. The monoisotopic (exact) mass is 246 g/mol. The molecule has 0 aliphatic rings. The molecule has 1 atom stereocenters. The van der Waals surface area contributed by atoms with E-state index in [9.17, 15) is 9.50 Å². The number of aryl methyl sites for hydroxylation is 1. The van der Waals surface area contributed by atoms with Gasteiger partial charge in [0.1, 0.15) is 17.7 Å². The molecule has 18 heavy (non-hydrogen) atoms. The molecule has 2 rings (SSSR count). The minimum atomic E-state index is -0.985. The Morgan fingerprint density at radius 2 is 1.89 bits per heavy atom. The summed E-state index contributed by atoms with van der Waals surface area (Å²) < 4.78 is 18.8. The number of ether oxygens (including phenoxy) is 1. The van der Waals surface area contributed by atoms with Crippen LogP contribution in [0.25, 0.3) is 0 Å². The van der Waals surface area contributed by atoms with Gasteiger partial charge in [0.25, 0.3) is 0 Å². The average molecular weight is 246 g/mol. The lowest BCUT2D eigenvalue weighted by Gasteiger charge is -2.14. The normalized spacial score (nSPS) is 12.2. The third kappa shape index (κ3) is 2.36. The average Bonchev–Trinajstić information content (AvgIpc) is 2.39. The molecular formula is C15H15FO2. The van der Waals surface area contributed by atoms with Gasteiger partial charge in [-0.25, -0.2) is 4.39 Å². The van der Waals surface area contributed by atoms with Crippen molar-refractivity contribution in [1.29, 1.82) is 0 Å². The van der Waals surface area contributed by atoms with Gasteiger partial charge in [0.05, 0.1) is 7.11 Å². The van der Waals surface area contributed by atoms with Crippen LogP contribution in [-0.2, 0) is 0 Å². The molecule has 2 aromatic carbocycles. The van der Waals surface area contributed by atoms with Gasteiger partial charge < -0.3 is 9.84 Å². The van der Waals surface area contributed by atoms with Crippen LogP contribution < -0.4 is 4.74 Å². The largest absolute Gasteiger partial charge is 0.496 e. The summed E-state index contributed by atoms with van der Waals surface area (Å²) in [6.45, 7) is 1.91. The third-order valence-corrected chi connectivity index (χ3v) is 2.95. The predicted molar refractivity (Wildman–Crippen MR) is 68.2 cm³/mol. The van der Waals surface area contributed by atoms with Crippen molar-refractivity contribution in [1.82, 2.24) is 0 Å². The first kappa shape index (κ1) is 12.6. The van der Waals surface area contributed by atoms with Crippen molar-refractivity contribution in [2.24, 2.45) is 0 Å². The Hall–Kier alpha value is -1.87. The minimum absolute atomic E-state index is 0.267. The van der Waals surface area contributed by atoms with Crippen LogP contribution in [0, 0.1) is 12.7 Å². The van der Waals surface area contributed by atoms with Gasteiger partial charge in [-0.2, -0.15) is 0 Å². The molecule has 3 heteroatoms. The van der Waals surface area contributed by atoms with E-state index in [-0.39, 0.29) is 5.56 Å². The molecule has 0 amide bonds. The zero-order valence-electron chi connectivity index (χ0n) is 10.4. The lowest BCUT2D eigenvalue weighted by atomic mass is 9.99. The molecular weight excluding hydrogens is 231 g/mol. The highest BCUT2D eigenvalue weighted by atomic mass is 19.1. The molecule has 0 spiro atoms. The van der Waals surface area contributed by atoms with Gasteiger partial charge in [-0.05, 0) is 30.2 Å². The van der Waals surface area contributed by atoms with Crippen molar-refractivity contribution < 1.29 is 14.2 Å². The second-order valence-corrected chi connectivity index (χ2v) is 4.15. The first-order valence-corrected chi connectivity index (χ1v) is 5.70. The zero-order chi connectivity index (χ0) is 13.1. The van der Waals surface area contributed by atoms with Crippen molar-refractivity contribution >= 4 is 0 Å². The second-order valence-electron chi connectivity index (χ2n) is 4.15. The van der Waals surface area contributed by atoms with Crippen molar-refractivity contribution in [3.63, 3.8) is 0 Å². The van der Waals surface area contributed by atoms with Gasteiger partial charge in [0.15, 0.2) is 0 Å². The zero-order valence-corrected chi connectivity index (χ0v) is 10.4. The van der Waals surface area contributed by atoms with Crippen molar-refractivity contribution in [2.45, 2.75) is 13.0 Å². The van der Waals surface area contributed by atoms with Crippen LogP contribution in [0.15, 0.2) is 42.5 Å². The Bertz CT molecular complexity index is 552. The number of halogens is 1. The molecule has 0 aromatic heterocycles. The summed E-state index contributed by atoms with van der Waals surface area (Å²) in [5, 5.41) is 10.2. The molecule has 2 aromatic rings. The quantitative estimate of drug-likeness (QED) is 0.901. The van der Waals surface area contributed by atoms with E-state index in [0.29, 0.717) is 11.3 Å². The van der Waals surface area contributed by atoms with Crippen LogP contribution in [0.1, 0.15) is 22.8 Å². The fourth-order valence-electron chi connectivity index (χ4n) is 1.88. The van der Waals surface area contributed by atoms with Crippen molar-refractivity contribution in [3.05, 3.63) is 65.0 Å². The summed E-state index contributed by atoms with van der Waals surface area (Å²) in [5.41, 5.74) is 1.85. The van der Waals surface area contributed by atoms with E-state index in [1.165, 1.54) is 6.07 Å². The fraction of sp³-hybridized carbons (Fsp3) is 0.200. The molecule has 94 valence electrons. The molecule has 0 saturated heterocycles.